The number of thiophene rings is 1. The number of primary amides is 1. The molecular formula is C14H14N2OS. The third kappa shape index (κ3) is 1.61. The maximum absolute atomic E-state index is 11.6. The molecule has 4 N–H and O–H groups in total. The van der Waals surface area contributed by atoms with Crippen molar-refractivity contribution in [2.24, 2.45) is 5.73 Å². The highest BCUT2D eigenvalue weighted by Gasteiger charge is 2.24. The average molecular weight is 258 g/mol. The van der Waals surface area contributed by atoms with Crippen LogP contribution in [0.3, 0.4) is 0 Å². The molecule has 0 radical (unpaired) electrons. The summed E-state index contributed by atoms with van der Waals surface area (Å²) in [5.41, 5.74) is 15.3. The lowest BCUT2D eigenvalue weighted by atomic mass is 9.97. The van der Waals surface area contributed by atoms with E-state index in [0.717, 1.165) is 30.4 Å². The van der Waals surface area contributed by atoms with Gasteiger partial charge in [-0.3, -0.25) is 4.79 Å². The molecule has 1 aliphatic carbocycles. The van der Waals surface area contributed by atoms with Crippen molar-refractivity contribution in [3.05, 3.63) is 40.3 Å². The lowest BCUT2D eigenvalue weighted by molar-refractivity contribution is 0.100. The number of anilines is 1. The number of carbonyl (C=O) groups is 1. The molecule has 0 saturated carbocycles. The van der Waals surface area contributed by atoms with Gasteiger partial charge < -0.3 is 11.5 Å². The Hall–Kier alpha value is -1.81. The summed E-state index contributed by atoms with van der Waals surface area (Å²) in [7, 11) is 0. The molecule has 1 aromatic heterocycles. The lowest BCUT2D eigenvalue weighted by Gasteiger charge is -2.07. The molecule has 0 bridgehead atoms. The summed E-state index contributed by atoms with van der Waals surface area (Å²) >= 11 is 1.50. The van der Waals surface area contributed by atoms with Crippen LogP contribution < -0.4 is 11.5 Å². The zero-order chi connectivity index (χ0) is 12.7. The SMILES string of the molecule is NC(=O)c1c(N)sc2c1-c1ccccc1CCC2. The van der Waals surface area contributed by atoms with E-state index in [1.54, 1.807) is 0 Å². The first-order valence-corrected chi connectivity index (χ1v) is 6.79. The van der Waals surface area contributed by atoms with Crippen molar-refractivity contribution in [3.63, 3.8) is 0 Å². The Morgan fingerprint density at radius 2 is 2.00 bits per heavy atom. The zero-order valence-corrected chi connectivity index (χ0v) is 10.7. The summed E-state index contributed by atoms with van der Waals surface area (Å²) in [6.07, 6.45) is 3.09. The number of hydrogen-bond donors (Lipinski definition) is 2. The van der Waals surface area contributed by atoms with E-state index in [4.69, 9.17) is 11.5 Å². The molecule has 92 valence electrons. The van der Waals surface area contributed by atoms with Crippen LogP contribution in [0.1, 0.15) is 27.2 Å². The van der Waals surface area contributed by atoms with Crippen molar-refractivity contribution in [2.45, 2.75) is 19.3 Å². The number of nitrogens with two attached hydrogens (primary N) is 2. The van der Waals surface area contributed by atoms with Gasteiger partial charge in [-0.15, -0.1) is 11.3 Å². The zero-order valence-electron chi connectivity index (χ0n) is 9.90. The molecule has 3 rings (SSSR count). The van der Waals surface area contributed by atoms with Crippen LogP contribution in [0.4, 0.5) is 5.00 Å². The summed E-state index contributed by atoms with van der Waals surface area (Å²) in [5.74, 6) is -0.429. The second-order valence-corrected chi connectivity index (χ2v) is 5.65. The molecule has 4 heteroatoms. The van der Waals surface area contributed by atoms with Crippen LogP contribution in [-0.4, -0.2) is 5.91 Å². The van der Waals surface area contributed by atoms with E-state index in [2.05, 4.69) is 12.1 Å². The van der Waals surface area contributed by atoms with Gasteiger partial charge in [-0.2, -0.15) is 0 Å². The number of hydrogen-bond acceptors (Lipinski definition) is 3. The minimum absolute atomic E-state index is 0.429. The Kier molecular flexibility index (Phi) is 2.59. The van der Waals surface area contributed by atoms with Gasteiger partial charge in [0, 0.05) is 10.4 Å². The Morgan fingerprint density at radius 1 is 1.22 bits per heavy atom. The molecule has 3 nitrogen and oxygen atoms in total. The second kappa shape index (κ2) is 4.14. The molecule has 2 aromatic rings. The Labute approximate surface area is 109 Å². The first kappa shape index (κ1) is 11.3. The van der Waals surface area contributed by atoms with Crippen LogP contribution in [-0.2, 0) is 12.8 Å². The van der Waals surface area contributed by atoms with Crippen LogP contribution >= 0.6 is 11.3 Å². The van der Waals surface area contributed by atoms with Crippen LogP contribution in [0.25, 0.3) is 11.1 Å². The third-order valence-corrected chi connectivity index (χ3v) is 4.47. The molecular weight excluding hydrogens is 244 g/mol. The molecule has 18 heavy (non-hydrogen) atoms. The van der Waals surface area contributed by atoms with Gasteiger partial charge in [0.05, 0.1) is 10.6 Å². The monoisotopic (exact) mass is 258 g/mol. The number of aryl methyl sites for hydroxylation is 2. The molecule has 1 amide bonds. The molecule has 0 saturated heterocycles. The van der Waals surface area contributed by atoms with Gasteiger partial charge in [0.1, 0.15) is 0 Å². The number of fused-ring (bicyclic) bond motifs is 3. The van der Waals surface area contributed by atoms with E-state index in [-0.39, 0.29) is 0 Å². The van der Waals surface area contributed by atoms with E-state index < -0.39 is 5.91 Å². The van der Waals surface area contributed by atoms with Crippen LogP contribution in [0.5, 0.6) is 0 Å². The van der Waals surface area contributed by atoms with Crippen LogP contribution in [0.2, 0.25) is 0 Å². The molecule has 1 heterocycles. The first-order chi connectivity index (χ1) is 8.68. The number of carbonyl (C=O) groups excluding carboxylic acids is 1. The Bertz CT molecular complexity index is 631. The summed E-state index contributed by atoms with van der Waals surface area (Å²) in [5, 5.41) is 0.546. The number of benzene rings is 1. The summed E-state index contributed by atoms with van der Waals surface area (Å²) in [6.45, 7) is 0. The fourth-order valence-corrected chi connectivity index (χ4v) is 3.76. The van der Waals surface area contributed by atoms with Gasteiger partial charge in [0.15, 0.2) is 0 Å². The van der Waals surface area contributed by atoms with Gasteiger partial charge >= 0.3 is 0 Å². The number of nitrogen functional groups attached to an aromatic ring is 1. The lowest BCUT2D eigenvalue weighted by Crippen LogP contribution is -2.13. The quantitative estimate of drug-likeness (QED) is 0.825. The largest absolute Gasteiger partial charge is 0.390 e. The summed E-state index contributed by atoms with van der Waals surface area (Å²) in [6, 6.07) is 8.19. The highest BCUT2D eigenvalue weighted by molar-refractivity contribution is 7.17. The fourth-order valence-electron chi connectivity index (χ4n) is 2.62. The molecule has 1 aromatic carbocycles. The van der Waals surface area contributed by atoms with Gasteiger partial charge in [0.25, 0.3) is 5.91 Å². The highest BCUT2D eigenvalue weighted by Crippen LogP contribution is 2.42. The van der Waals surface area contributed by atoms with Crippen molar-refractivity contribution in [3.8, 4) is 11.1 Å². The predicted octanol–water partition coefficient (Wildman–Crippen LogP) is 2.58. The fraction of sp³-hybridized carbons (Fsp3) is 0.214. The first-order valence-electron chi connectivity index (χ1n) is 5.97. The third-order valence-electron chi connectivity index (χ3n) is 3.39. The molecule has 0 fully saturated rings. The minimum atomic E-state index is -0.429. The normalized spacial score (nSPS) is 13.6. The van der Waals surface area contributed by atoms with Gasteiger partial charge in [-0.1, -0.05) is 24.3 Å². The standard InChI is InChI=1S/C14H14N2OS/c15-13(17)12-11-9-6-2-1-4-8(9)5-3-7-10(11)18-14(12)16/h1-2,4,6H,3,5,7,16H2,(H2,15,17). The van der Waals surface area contributed by atoms with E-state index >= 15 is 0 Å². The van der Waals surface area contributed by atoms with E-state index in [9.17, 15) is 4.79 Å². The van der Waals surface area contributed by atoms with E-state index in [0.29, 0.717) is 10.6 Å². The molecule has 0 aliphatic heterocycles. The predicted molar refractivity (Wildman–Crippen MR) is 74.7 cm³/mol. The smallest absolute Gasteiger partial charge is 0.252 e. The van der Waals surface area contributed by atoms with Gasteiger partial charge in [-0.05, 0) is 30.4 Å². The van der Waals surface area contributed by atoms with Crippen LogP contribution in [0.15, 0.2) is 24.3 Å². The molecule has 0 atom stereocenters. The molecule has 0 unspecified atom stereocenters. The van der Waals surface area contributed by atoms with Crippen molar-refractivity contribution in [1.29, 1.82) is 0 Å². The van der Waals surface area contributed by atoms with Crippen molar-refractivity contribution < 1.29 is 4.79 Å². The molecule has 1 aliphatic rings. The van der Waals surface area contributed by atoms with Crippen LogP contribution in [0, 0.1) is 0 Å². The molecule has 0 spiro atoms. The second-order valence-electron chi connectivity index (χ2n) is 4.51. The van der Waals surface area contributed by atoms with E-state index in [1.165, 1.54) is 21.8 Å². The number of amides is 1. The van der Waals surface area contributed by atoms with Crippen molar-refractivity contribution >= 4 is 22.2 Å². The average Bonchev–Trinajstić information content (AvgIpc) is 2.56. The maximum Gasteiger partial charge on any atom is 0.252 e. The topological polar surface area (TPSA) is 69.1 Å². The summed E-state index contributed by atoms with van der Waals surface area (Å²) in [4.78, 5) is 12.8. The number of rotatable bonds is 1. The van der Waals surface area contributed by atoms with Crippen molar-refractivity contribution in [1.82, 2.24) is 0 Å². The Balaban J connectivity index is 2.34. The maximum atomic E-state index is 11.6. The van der Waals surface area contributed by atoms with Gasteiger partial charge in [0.2, 0.25) is 0 Å². The van der Waals surface area contributed by atoms with E-state index in [1.807, 2.05) is 12.1 Å². The van der Waals surface area contributed by atoms with Gasteiger partial charge in [-0.25, -0.2) is 0 Å². The Morgan fingerprint density at radius 3 is 2.78 bits per heavy atom. The highest BCUT2D eigenvalue weighted by atomic mass is 32.1. The van der Waals surface area contributed by atoms with Crippen molar-refractivity contribution in [2.75, 3.05) is 5.73 Å². The summed E-state index contributed by atoms with van der Waals surface area (Å²) < 4.78 is 0. The minimum Gasteiger partial charge on any atom is -0.390 e.